The number of aromatic nitrogens is 1. The Kier molecular flexibility index (Phi) is 3.38. The molecule has 0 saturated carbocycles. The number of pyridine rings is 1. The second-order valence-electron chi connectivity index (χ2n) is 3.37. The lowest BCUT2D eigenvalue weighted by Gasteiger charge is -2.04. The SMILES string of the molecule is COc1coc(C(=O)Nc2ccncc2)cc1=O. The molecule has 1 N–H and O–H groups in total. The van der Waals surface area contributed by atoms with Gasteiger partial charge in [0, 0.05) is 24.1 Å². The van der Waals surface area contributed by atoms with E-state index in [4.69, 9.17) is 9.15 Å². The fraction of sp³-hybridized carbons (Fsp3) is 0.0833. The van der Waals surface area contributed by atoms with Crippen LogP contribution in [0.3, 0.4) is 0 Å². The van der Waals surface area contributed by atoms with Gasteiger partial charge in [0.05, 0.1) is 7.11 Å². The highest BCUT2D eigenvalue weighted by Gasteiger charge is 2.11. The lowest BCUT2D eigenvalue weighted by atomic mass is 10.3. The Balaban J connectivity index is 2.20. The Labute approximate surface area is 102 Å². The van der Waals surface area contributed by atoms with Crippen molar-refractivity contribution in [3.05, 3.63) is 52.8 Å². The summed E-state index contributed by atoms with van der Waals surface area (Å²) in [7, 11) is 1.35. The van der Waals surface area contributed by atoms with Gasteiger partial charge >= 0.3 is 0 Å². The van der Waals surface area contributed by atoms with E-state index in [0.717, 1.165) is 12.3 Å². The average Bonchev–Trinajstić information content (AvgIpc) is 2.39. The summed E-state index contributed by atoms with van der Waals surface area (Å²) in [6.07, 6.45) is 4.18. The fourth-order valence-electron chi connectivity index (χ4n) is 1.30. The second-order valence-corrected chi connectivity index (χ2v) is 3.37. The molecule has 0 spiro atoms. The number of carbonyl (C=O) groups excluding carboxylic acids is 1. The van der Waals surface area contributed by atoms with Crippen molar-refractivity contribution >= 4 is 11.6 Å². The van der Waals surface area contributed by atoms with Gasteiger partial charge in [-0.25, -0.2) is 0 Å². The van der Waals surface area contributed by atoms with Gasteiger partial charge in [-0.1, -0.05) is 0 Å². The van der Waals surface area contributed by atoms with Gasteiger partial charge in [-0.2, -0.15) is 0 Å². The first-order chi connectivity index (χ1) is 8.70. The van der Waals surface area contributed by atoms with Crippen LogP contribution in [0.4, 0.5) is 5.69 Å². The number of anilines is 1. The van der Waals surface area contributed by atoms with E-state index in [0.29, 0.717) is 5.69 Å². The van der Waals surface area contributed by atoms with E-state index in [-0.39, 0.29) is 11.5 Å². The number of methoxy groups -OCH3 is 1. The molecule has 6 heteroatoms. The van der Waals surface area contributed by atoms with Crippen LogP contribution >= 0.6 is 0 Å². The summed E-state index contributed by atoms with van der Waals surface area (Å²) in [4.78, 5) is 27.0. The maximum atomic E-state index is 11.8. The van der Waals surface area contributed by atoms with Crippen molar-refractivity contribution in [1.82, 2.24) is 4.98 Å². The van der Waals surface area contributed by atoms with Crippen LogP contribution in [0.5, 0.6) is 5.75 Å². The van der Waals surface area contributed by atoms with E-state index < -0.39 is 11.3 Å². The Morgan fingerprint density at radius 2 is 2.11 bits per heavy atom. The van der Waals surface area contributed by atoms with Gasteiger partial charge in [0.15, 0.2) is 5.76 Å². The highest BCUT2D eigenvalue weighted by Crippen LogP contribution is 2.09. The van der Waals surface area contributed by atoms with Gasteiger partial charge in [0.25, 0.3) is 5.91 Å². The van der Waals surface area contributed by atoms with Gasteiger partial charge in [0.1, 0.15) is 6.26 Å². The average molecular weight is 246 g/mol. The third-order valence-corrected chi connectivity index (χ3v) is 2.18. The van der Waals surface area contributed by atoms with Crippen LogP contribution in [0.1, 0.15) is 10.6 Å². The molecule has 0 saturated heterocycles. The standard InChI is InChI=1S/C12H10N2O4/c1-17-11-7-18-10(6-9(11)15)12(16)14-8-2-4-13-5-3-8/h2-7H,1H3,(H,13,14,16). The Morgan fingerprint density at radius 3 is 2.72 bits per heavy atom. The minimum Gasteiger partial charge on any atom is -0.490 e. The number of hydrogen-bond acceptors (Lipinski definition) is 5. The molecule has 0 fully saturated rings. The van der Waals surface area contributed by atoms with E-state index in [1.807, 2.05) is 0 Å². The molecule has 0 atom stereocenters. The predicted octanol–water partition coefficient (Wildman–Crippen LogP) is 1.30. The first-order valence-electron chi connectivity index (χ1n) is 5.09. The van der Waals surface area contributed by atoms with Crippen molar-refractivity contribution in [2.75, 3.05) is 12.4 Å². The molecule has 6 nitrogen and oxygen atoms in total. The van der Waals surface area contributed by atoms with Crippen LogP contribution in [0, 0.1) is 0 Å². The quantitative estimate of drug-likeness (QED) is 0.882. The van der Waals surface area contributed by atoms with E-state index in [1.54, 1.807) is 24.5 Å². The first kappa shape index (κ1) is 11.8. The highest BCUT2D eigenvalue weighted by atomic mass is 16.5. The number of rotatable bonds is 3. The normalized spacial score (nSPS) is 9.83. The highest BCUT2D eigenvalue weighted by molar-refractivity contribution is 6.02. The van der Waals surface area contributed by atoms with Gasteiger partial charge in [-0.05, 0) is 12.1 Å². The maximum Gasteiger partial charge on any atom is 0.291 e. The maximum absolute atomic E-state index is 11.8. The zero-order valence-corrected chi connectivity index (χ0v) is 9.54. The van der Waals surface area contributed by atoms with Crippen LogP contribution in [0.2, 0.25) is 0 Å². The summed E-state index contributed by atoms with van der Waals surface area (Å²) in [5.74, 6) is -0.547. The summed E-state index contributed by atoms with van der Waals surface area (Å²) < 4.78 is 9.76. The zero-order chi connectivity index (χ0) is 13.0. The number of amides is 1. The summed E-state index contributed by atoms with van der Waals surface area (Å²) in [6, 6.07) is 4.33. The number of ether oxygens (including phenoxy) is 1. The molecule has 0 radical (unpaired) electrons. The molecule has 2 rings (SSSR count). The van der Waals surface area contributed by atoms with Gasteiger partial charge in [-0.15, -0.1) is 0 Å². The van der Waals surface area contributed by atoms with Crippen molar-refractivity contribution in [2.24, 2.45) is 0 Å². The van der Waals surface area contributed by atoms with Crippen LogP contribution in [0.25, 0.3) is 0 Å². The third kappa shape index (κ3) is 2.54. The minimum atomic E-state index is -0.513. The van der Waals surface area contributed by atoms with E-state index >= 15 is 0 Å². The van der Waals surface area contributed by atoms with Crippen molar-refractivity contribution in [3.63, 3.8) is 0 Å². The third-order valence-electron chi connectivity index (χ3n) is 2.18. The van der Waals surface area contributed by atoms with Crippen molar-refractivity contribution < 1.29 is 13.9 Å². The summed E-state index contributed by atoms with van der Waals surface area (Å²) in [5, 5.41) is 2.57. The first-order valence-corrected chi connectivity index (χ1v) is 5.09. The molecular weight excluding hydrogens is 236 g/mol. The molecule has 2 heterocycles. The van der Waals surface area contributed by atoms with Crippen LogP contribution in [-0.4, -0.2) is 18.0 Å². The smallest absolute Gasteiger partial charge is 0.291 e. The van der Waals surface area contributed by atoms with Crippen molar-refractivity contribution in [3.8, 4) is 5.75 Å². The fourth-order valence-corrected chi connectivity index (χ4v) is 1.30. The van der Waals surface area contributed by atoms with E-state index in [1.165, 1.54) is 7.11 Å². The largest absolute Gasteiger partial charge is 0.490 e. The van der Waals surface area contributed by atoms with E-state index in [2.05, 4.69) is 10.3 Å². The number of nitrogens with one attached hydrogen (secondary N) is 1. The Morgan fingerprint density at radius 1 is 1.39 bits per heavy atom. The zero-order valence-electron chi connectivity index (χ0n) is 9.54. The van der Waals surface area contributed by atoms with Gasteiger partial charge in [-0.3, -0.25) is 14.6 Å². The van der Waals surface area contributed by atoms with Crippen LogP contribution in [-0.2, 0) is 0 Å². The van der Waals surface area contributed by atoms with Gasteiger partial charge in [0.2, 0.25) is 11.2 Å². The molecule has 0 bridgehead atoms. The molecule has 2 aromatic rings. The van der Waals surface area contributed by atoms with Crippen molar-refractivity contribution in [1.29, 1.82) is 0 Å². The molecule has 0 aliphatic rings. The van der Waals surface area contributed by atoms with Crippen molar-refractivity contribution in [2.45, 2.75) is 0 Å². The molecule has 2 aromatic heterocycles. The monoisotopic (exact) mass is 246 g/mol. The molecular formula is C12H10N2O4. The van der Waals surface area contributed by atoms with Gasteiger partial charge < -0.3 is 14.5 Å². The Hall–Kier alpha value is -2.63. The molecule has 0 aliphatic carbocycles. The van der Waals surface area contributed by atoms with E-state index in [9.17, 15) is 9.59 Å². The number of hydrogen-bond donors (Lipinski definition) is 1. The summed E-state index contributed by atoms with van der Waals surface area (Å²) in [5.41, 5.74) is 0.150. The molecule has 0 aromatic carbocycles. The van der Waals surface area contributed by atoms with Crippen LogP contribution < -0.4 is 15.5 Å². The van der Waals surface area contributed by atoms with Crippen LogP contribution in [0.15, 0.2) is 46.1 Å². The number of nitrogens with zero attached hydrogens (tertiary/aromatic N) is 1. The Bertz CT molecular complexity index is 607. The molecule has 92 valence electrons. The molecule has 0 aliphatic heterocycles. The summed E-state index contributed by atoms with van der Waals surface area (Å²) in [6.45, 7) is 0. The molecule has 18 heavy (non-hydrogen) atoms. The molecule has 1 amide bonds. The summed E-state index contributed by atoms with van der Waals surface area (Å²) >= 11 is 0. The molecule has 0 unspecified atom stereocenters. The topological polar surface area (TPSA) is 81.4 Å². The predicted molar refractivity (Wildman–Crippen MR) is 63.7 cm³/mol. The second kappa shape index (κ2) is 5.13. The minimum absolute atomic E-state index is 0.0514. The lowest BCUT2D eigenvalue weighted by molar-refractivity contribution is 0.0993. The number of carbonyl (C=O) groups is 1. The lowest BCUT2D eigenvalue weighted by Crippen LogP contribution is -2.15.